The number of fused-ring (bicyclic) bond motifs is 2. The molecule has 0 fully saturated rings. The van der Waals surface area contributed by atoms with Crippen molar-refractivity contribution in [1.82, 2.24) is 14.8 Å². The van der Waals surface area contributed by atoms with Gasteiger partial charge in [0.1, 0.15) is 17.9 Å². The second-order valence-electron chi connectivity index (χ2n) is 8.74. The van der Waals surface area contributed by atoms with Gasteiger partial charge >= 0.3 is 6.18 Å². The number of ketones is 1. The van der Waals surface area contributed by atoms with Gasteiger partial charge in [-0.25, -0.2) is 4.39 Å². The molecule has 1 aliphatic rings. The minimum Gasteiger partial charge on any atom is -0.294 e. The number of alkyl halides is 3. The highest BCUT2D eigenvalue weighted by molar-refractivity contribution is 5.99. The van der Waals surface area contributed by atoms with Gasteiger partial charge in [-0.05, 0) is 47.7 Å². The Labute approximate surface area is 203 Å². The minimum absolute atomic E-state index is 0.0340. The highest BCUT2D eigenvalue weighted by Gasteiger charge is 2.37. The van der Waals surface area contributed by atoms with Gasteiger partial charge in [0.05, 0.1) is 5.56 Å². The SMILES string of the molecule is CC1=C(C(=O)Cc2ccc3cnccc3c2)C(c2ccc(C(F)(F)F)c(F)c2)n2nc(C#N)cc2C1. The molecule has 1 unspecified atom stereocenters. The molecular formula is C27H18F4N4O. The lowest BCUT2D eigenvalue weighted by Gasteiger charge is -2.29. The molecule has 36 heavy (non-hydrogen) atoms. The summed E-state index contributed by atoms with van der Waals surface area (Å²) in [5.41, 5.74) is 1.23. The van der Waals surface area contributed by atoms with Crippen molar-refractivity contribution < 1.29 is 22.4 Å². The van der Waals surface area contributed by atoms with Gasteiger partial charge in [0.25, 0.3) is 0 Å². The third kappa shape index (κ3) is 4.15. The third-order valence-corrected chi connectivity index (χ3v) is 6.34. The summed E-state index contributed by atoms with van der Waals surface area (Å²) in [5, 5.41) is 15.4. The molecule has 3 heterocycles. The van der Waals surface area contributed by atoms with E-state index in [0.717, 1.165) is 28.5 Å². The van der Waals surface area contributed by atoms with Crippen LogP contribution >= 0.6 is 0 Å². The van der Waals surface area contributed by atoms with E-state index in [2.05, 4.69) is 10.1 Å². The van der Waals surface area contributed by atoms with Crippen LogP contribution in [0.4, 0.5) is 17.6 Å². The monoisotopic (exact) mass is 490 g/mol. The van der Waals surface area contributed by atoms with Crippen LogP contribution in [0.3, 0.4) is 0 Å². The van der Waals surface area contributed by atoms with E-state index in [1.54, 1.807) is 25.4 Å². The fraction of sp³-hybridized carbons (Fsp3) is 0.185. The molecule has 2 aromatic heterocycles. The van der Waals surface area contributed by atoms with Crippen molar-refractivity contribution >= 4 is 16.6 Å². The molecular weight excluding hydrogens is 472 g/mol. The summed E-state index contributed by atoms with van der Waals surface area (Å²) in [4.78, 5) is 17.7. The van der Waals surface area contributed by atoms with E-state index in [-0.39, 0.29) is 23.5 Å². The average molecular weight is 490 g/mol. The second kappa shape index (κ2) is 8.72. The topological polar surface area (TPSA) is 71.6 Å². The minimum atomic E-state index is -4.85. The van der Waals surface area contributed by atoms with Crippen LogP contribution in [-0.4, -0.2) is 20.5 Å². The lowest BCUT2D eigenvalue weighted by atomic mass is 9.85. The summed E-state index contributed by atoms with van der Waals surface area (Å²) < 4.78 is 55.5. The van der Waals surface area contributed by atoms with Crippen LogP contribution in [0.1, 0.15) is 41.0 Å². The smallest absolute Gasteiger partial charge is 0.294 e. The Morgan fingerprint density at radius 1 is 1.14 bits per heavy atom. The maximum absolute atomic E-state index is 14.6. The number of halogens is 4. The molecule has 0 saturated heterocycles. The molecule has 0 radical (unpaired) electrons. The van der Waals surface area contributed by atoms with Crippen molar-refractivity contribution in [3.63, 3.8) is 0 Å². The first-order valence-corrected chi connectivity index (χ1v) is 11.1. The molecule has 1 atom stereocenters. The molecule has 0 amide bonds. The molecule has 0 bridgehead atoms. The number of allylic oxidation sites excluding steroid dienone is 2. The lowest BCUT2D eigenvalue weighted by molar-refractivity contribution is -0.140. The summed E-state index contributed by atoms with van der Waals surface area (Å²) in [5.74, 6) is -1.70. The predicted molar refractivity (Wildman–Crippen MR) is 123 cm³/mol. The number of nitriles is 1. The van der Waals surface area contributed by atoms with E-state index in [4.69, 9.17) is 0 Å². The Bertz CT molecular complexity index is 1590. The normalized spacial score (nSPS) is 15.6. The highest BCUT2D eigenvalue weighted by atomic mass is 19.4. The Balaban J connectivity index is 1.59. The van der Waals surface area contributed by atoms with Gasteiger partial charge in [0.2, 0.25) is 0 Å². The van der Waals surface area contributed by atoms with E-state index >= 15 is 0 Å². The van der Waals surface area contributed by atoms with E-state index in [1.165, 1.54) is 4.68 Å². The number of pyridine rings is 1. The predicted octanol–water partition coefficient (Wildman–Crippen LogP) is 5.73. The summed E-state index contributed by atoms with van der Waals surface area (Å²) in [7, 11) is 0. The largest absolute Gasteiger partial charge is 0.419 e. The quantitative estimate of drug-likeness (QED) is 0.343. The van der Waals surface area contributed by atoms with Gasteiger partial charge < -0.3 is 0 Å². The van der Waals surface area contributed by atoms with Crippen LogP contribution in [-0.2, 0) is 23.8 Å². The first kappa shape index (κ1) is 23.4. The molecule has 0 N–H and O–H groups in total. The van der Waals surface area contributed by atoms with Gasteiger partial charge in [0, 0.05) is 41.9 Å². The summed E-state index contributed by atoms with van der Waals surface area (Å²) in [6.45, 7) is 1.76. The number of rotatable bonds is 4. The molecule has 5 nitrogen and oxygen atoms in total. The Hall–Kier alpha value is -4.32. The summed E-state index contributed by atoms with van der Waals surface area (Å²) in [6, 6.07) is 12.6. The standard InChI is InChI=1S/C27H18F4N4O/c1-15-8-21-12-20(13-32)34-35(21)26(18-4-5-22(23(28)11-18)27(29,30)31)25(15)24(36)10-16-2-3-19-14-33-7-6-17(19)9-16/h2-7,9,11-12,14,26H,8,10H2,1H3. The van der Waals surface area contributed by atoms with Crippen molar-refractivity contribution in [2.75, 3.05) is 0 Å². The maximum Gasteiger partial charge on any atom is 0.419 e. The number of Topliss-reactive ketones (excluding diaryl/α,β-unsaturated/α-hetero) is 1. The lowest BCUT2D eigenvalue weighted by Crippen LogP contribution is -2.28. The van der Waals surface area contributed by atoms with Crippen LogP contribution in [0.25, 0.3) is 10.8 Å². The third-order valence-electron chi connectivity index (χ3n) is 6.34. The zero-order valence-corrected chi connectivity index (χ0v) is 19.0. The number of carbonyl (C=O) groups is 1. The Morgan fingerprint density at radius 3 is 2.67 bits per heavy atom. The van der Waals surface area contributed by atoms with Crippen LogP contribution in [0.5, 0.6) is 0 Å². The number of benzene rings is 2. The number of carbonyl (C=O) groups excluding carboxylic acids is 1. The van der Waals surface area contributed by atoms with Gasteiger partial charge in [0.15, 0.2) is 11.5 Å². The van der Waals surface area contributed by atoms with Crippen molar-refractivity contribution in [3.05, 3.63) is 106 Å². The van der Waals surface area contributed by atoms with Crippen LogP contribution in [0.15, 0.2) is 72.1 Å². The van der Waals surface area contributed by atoms with Crippen LogP contribution < -0.4 is 0 Å². The highest BCUT2D eigenvalue weighted by Crippen LogP contribution is 2.39. The van der Waals surface area contributed by atoms with Gasteiger partial charge in [-0.15, -0.1) is 0 Å². The molecule has 9 heteroatoms. The molecule has 4 aromatic rings. The maximum atomic E-state index is 14.6. The molecule has 1 aliphatic heterocycles. The first-order chi connectivity index (χ1) is 17.2. The zero-order chi connectivity index (χ0) is 25.6. The van der Waals surface area contributed by atoms with Crippen molar-refractivity contribution in [3.8, 4) is 6.07 Å². The fourth-order valence-corrected chi connectivity index (χ4v) is 4.72. The van der Waals surface area contributed by atoms with Gasteiger partial charge in [-0.3, -0.25) is 14.5 Å². The number of hydrogen-bond acceptors (Lipinski definition) is 4. The van der Waals surface area contributed by atoms with Gasteiger partial charge in [-0.2, -0.15) is 23.5 Å². The van der Waals surface area contributed by atoms with E-state index < -0.39 is 23.6 Å². The van der Waals surface area contributed by atoms with Crippen molar-refractivity contribution in [1.29, 1.82) is 5.26 Å². The number of nitrogens with zero attached hydrogens (tertiary/aromatic N) is 4. The van der Waals surface area contributed by atoms with Crippen LogP contribution in [0.2, 0.25) is 0 Å². The number of hydrogen-bond donors (Lipinski definition) is 0. The Kier molecular flexibility index (Phi) is 5.67. The van der Waals surface area contributed by atoms with Crippen molar-refractivity contribution in [2.24, 2.45) is 0 Å². The number of aromatic nitrogens is 3. The molecule has 2 aromatic carbocycles. The molecule has 0 aliphatic carbocycles. The summed E-state index contributed by atoms with van der Waals surface area (Å²) >= 11 is 0. The Morgan fingerprint density at radius 2 is 1.94 bits per heavy atom. The first-order valence-electron chi connectivity index (χ1n) is 11.1. The zero-order valence-electron chi connectivity index (χ0n) is 19.0. The van der Waals surface area contributed by atoms with Gasteiger partial charge in [-0.1, -0.05) is 29.8 Å². The molecule has 180 valence electrons. The van der Waals surface area contributed by atoms with E-state index in [1.807, 2.05) is 30.3 Å². The fourth-order valence-electron chi connectivity index (χ4n) is 4.72. The van der Waals surface area contributed by atoms with Crippen LogP contribution in [0, 0.1) is 17.1 Å². The van der Waals surface area contributed by atoms with E-state index in [0.29, 0.717) is 29.3 Å². The molecule has 0 spiro atoms. The molecule has 0 saturated carbocycles. The second-order valence-corrected chi connectivity index (χ2v) is 8.74. The average Bonchev–Trinajstić information content (AvgIpc) is 3.24. The summed E-state index contributed by atoms with van der Waals surface area (Å²) in [6.07, 6.45) is -1.11. The van der Waals surface area contributed by atoms with E-state index in [9.17, 15) is 27.6 Å². The molecule has 5 rings (SSSR count). The van der Waals surface area contributed by atoms with Crippen molar-refractivity contribution in [2.45, 2.75) is 32.0 Å².